The molecule has 0 spiro atoms. The molecule has 436 valence electrons. The van der Waals surface area contributed by atoms with Crippen LogP contribution < -0.4 is 10.2 Å². The predicted octanol–water partition coefficient (Wildman–Crippen LogP) is 18.6. The topological polar surface area (TPSA) is 114 Å². The van der Waals surface area contributed by atoms with Crippen molar-refractivity contribution in [1.82, 2.24) is 5.32 Å². The number of allylic oxidation sites excluding steroid dienone is 11. The molecule has 0 rings (SSSR count). The number of carbonyl (C=O) groups excluding carboxylic acids is 2. The number of amides is 1. The fraction of sp³-hybridized carbons (Fsp3) is 0.785. The van der Waals surface area contributed by atoms with Crippen LogP contribution in [-0.4, -0.2) is 69.4 Å². The van der Waals surface area contributed by atoms with E-state index in [1.807, 2.05) is 33.3 Å². The van der Waals surface area contributed by atoms with Gasteiger partial charge in [-0.3, -0.25) is 14.2 Å². The second-order valence-electron chi connectivity index (χ2n) is 22.2. The van der Waals surface area contributed by atoms with Crippen molar-refractivity contribution in [2.45, 2.75) is 290 Å². The van der Waals surface area contributed by atoms with Crippen molar-refractivity contribution in [3.8, 4) is 0 Å². The number of phosphoric ester groups is 1. The summed E-state index contributed by atoms with van der Waals surface area (Å²) in [6.07, 6.45) is 70.0. The van der Waals surface area contributed by atoms with E-state index < -0.39 is 26.6 Å². The van der Waals surface area contributed by atoms with E-state index in [-0.39, 0.29) is 24.9 Å². The summed E-state index contributed by atoms with van der Waals surface area (Å²) in [6.45, 7) is 6.73. The van der Waals surface area contributed by atoms with E-state index >= 15 is 0 Å². The number of nitrogens with one attached hydrogen (secondary N) is 1. The summed E-state index contributed by atoms with van der Waals surface area (Å²) in [5.74, 6) is -0.557. The van der Waals surface area contributed by atoms with Crippen LogP contribution in [0.15, 0.2) is 72.9 Å². The van der Waals surface area contributed by atoms with Gasteiger partial charge in [0.2, 0.25) is 5.91 Å². The van der Waals surface area contributed by atoms with Gasteiger partial charge in [0.1, 0.15) is 19.3 Å². The van der Waals surface area contributed by atoms with Crippen molar-refractivity contribution in [3.63, 3.8) is 0 Å². The average molecular weight is 1070 g/mol. The summed E-state index contributed by atoms with van der Waals surface area (Å²) < 4.78 is 30.3. The van der Waals surface area contributed by atoms with Crippen LogP contribution in [0.1, 0.15) is 278 Å². The SMILES string of the molecule is CC/C=C\C/C=C\C/C=C\C/C=C\C/C=C\CCCCCCCC(=O)OC(/C=C/CCCCCCCCCCCCC)C(COP(=O)([O-])OCC[N+](C)(C)C)NC(=O)CCCCCCCCCCCCCCCCC. The molecule has 3 unspecified atom stereocenters. The summed E-state index contributed by atoms with van der Waals surface area (Å²) in [4.78, 5) is 40.0. The molecule has 9 nitrogen and oxygen atoms in total. The number of hydrogen-bond donors (Lipinski definition) is 1. The molecule has 0 aromatic carbocycles. The maximum absolute atomic E-state index is 13.5. The van der Waals surface area contributed by atoms with Crippen LogP contribution in [0.25, 0.3) is 0 Å². The van der Waals surface area contributed by atoms with Gasteiger partial charge in [-0.05, 0) is 76.7 Å². The average Bonchev–Trinajstić information content (AvgIpc) is 3.37. The lowest BCUT2D eigenvalue weighted by Crippen LogP contribution is -2.47. The minimum atomic E-state index is -4.70. The molecule has 0 aromatic rings. The minimum absolute atomic E-state index is 0.0266. The van der Waals surface area contributed by atoms with Gasteiger partial charge in [-0.25, -0.2) is 0 Å². The third kappa shape index (κ3) is 56.0. The zero-order chi connectivity index (χ0) is 55.0. The highest BCUT2D eigenvalue weighted by Crippen LogP contribution is 2.38. The van der Waals surface area contributed by atoms with Gasteiger partial charge in [-0.2, -0.15) is 0 Å². The summed E-state index contributed by atoms with van der Waals surface area (Å²) >= 11 is 0. The summed E-state index contributed by atoms with van der Waals surface area (Å²) in [5, 5.41) is 3.03. The fourth-order valence-corrected chi connectivity index (χ4v) is 9.57. The fourth-order valence-electron chi connectivity index (χ4n) is 8.84. The van der Waals surface area contributed by atoms with E-state index in [9.17, 15) is 19.0 Å². The Morgan fingerprint density at radius 3 is 1.28 bits per heavy atom. The van der Waals surface area contributed by atoms with E-state index in [1.165, 1.54) is 135 Å². The minimum Gasteiger partial charge on any atom is -0.756 e. The van der Waals surface area contributed by atoms with Gasteiger partial charge in [0.25, 0.3) is 7.82 Å². The second kappa shape index (κ2) is 54.8. The Morgan fingerprint density at radius 1 is 0.480 bits per heavy atom. The second-order valence-corrected chi connectivity index (χ2v) is 23.6. The van der Waals surface area contributed by atoms with Gasteiger partial charge in [0.15, 0.2) is 0 Å². The molecule has 0 bridgehead atoms. The molecule has 0 aromatic heterocycles. The van der Waals surface area contributed by atoms with Gasteiger partial charge < -0.3 is 28.5 Å². The molecule has 0 aliphatic heterocycles. The number of esters is 1. The van der Waals surface area contributed by atoms with Gasteiger partial charge >= 0.3 is 5.97 Å². The third-order valence-electron chi connectivity index (χ3n) is 13.7. The monoisotopic (exact) mass is 1070 g/mol. The highest BCUT2D eigenvalue weighted by Gasteiger charge is 2.27. The van der Waals surface area contributed by atoms with E-state index in [0.717, 1.165) is 103 Å². The van der Waals surface area contributed by atoms with Gasteiger partial charge in [-0.15, -0.1) is 0 Å². The molecule has 10 heteroatoms. The van der Waals surface area contributed by atoms with E-state index in [4.69, 9.17) is 13.8 Å². The maximum Gasteiger partial charge on any atom is 0.306 e. The van der Waals surface area contributed by atoms with Gasteiger partial charge in [-0.1, -0.05) is 261 Å². The number of quaternary nitrogens is 1. The van der Waals surface area contributed by atoms with E-state index in [0.29, 0.717) is 23.9 Å². The van der Waals surface area contributed by atoms with Crippen LogP contribution in [0.3, 0.4) is 0 Å². The van der Waals surface area contributed by atoms with Crippen molar-refractivity contribution in [3.05, 3.63) is 72.9 Å². The van der Waals surface area contributed by atoms with Crippen LogP contribution in [0.5, 0.6) is 0 Å². The lowest BCUT2D eigenvalue weighted by molar-refractivity contribution is -0.870. The van der Waals surface area contributed by atoms with Crippen molar-refractivity contribution < 1.29 is 37.3 Å². The Bertz CT molecular complexity index is 1510. The lowest BCUT2D eigenvalue weighted by Gasteiger charge is -2.30. The first-order chi connectivity index (χ1) is 36.4. The standard InChI is InChI=1S/C65H119N2O7P/c1-7-10-13-16-19-22-25-28-30-31-32-33-34-35-37-40-43-46-49-52-55-58-65(69)74-63(56-53-50-47-44-41-38-27-24-21-18-15-12-9-3)62(61-73-75(70,71)72-60-59-67(4,5)6)66-64(68)57-54-51-48-45-42-39-36-29-26-23-20-17-14-11-8-2/h10,13,19,22,28,30,32-33,35,37,53,56,62-63H,7-9,11-12,14-18,20-21,23-27,29,31,34,36,38-52,54-55,57-61H2,1-6H3,(H-,66,68,70,71)/b13-10-,22-19-,30-28-,33-32-,37-35-,56-53+. The number of nitrogens with zero attached hydrogens (tertiary/aromatic N) is 1. The van der Waals surface area contributed by atoms with Crippen molar-refractivity contribution in [2.75, 3.05) is 40.9 Å². The Labute approximate surface area is 463 Å². The number of rotatable bonds is 56. The Hall–Kier alpha value is -2.55. The molecule has 0 saturated carbocycles. The van der Waals surface area contributed by atoms with E-state index in [1.54, 1.807) is 0 Å². The molecule has 1 amide bonds. The summed E-state index contributed by atoms with van der Waals surface area (Å²) in [7, 11) is 1.17. The number of ether oxygens (including phenoxy) is 1. The summed E-state index contributed by atoms with van der Waals surface area (Å²) in [5.41, 5.74) is 0. The molecule has 3 atom stereocenters. The molecule has 0 fully saturated rings. The molecule has 75 heavy (non-hydrogen) atoms. The number of hydrogen-bond acceptors (Lipinski definition) is 7. The first kappa shape index (κ1) is 72.5. The molecule has 0 heterocycles. The smallest absolute Gasteiger partial charge is 0.306 e. The highest BCUT2D eigenvalue weighted by molar-refractivity contribution is 7.45. The van der Waals surface area contributed by atoms with Crippen molar-refractivity contribution in [1.29, 1.82) is 0 Å². The molecule has 0 aliphatic rings. The predicted molar refractivity (Wildman–Crippen MR) is 321 cm³/mol. The van der Waals surface area contributed by atoms with Crippen LogP contribution in [-0.2, 0) is 27.9 Å². The molecule has 1 N–H and O–H groups in total. The number of unbranched alkanes of at least 4 members (excludes halogenated alkanes) is 30. The Balaban J connectivity index is 5.30. The highest BCUT2D eigenvalue weighted by atomic mass is 31.2. The van der Waals surface area contributed by atoms with Gasteiger partial charge in [0, 0.05) is 12.8 Å². The van der Waals surface area contributed by atoms with Crippen molar-refractivity contribution >= 4 is 19.7 Å². The van der Waals surface area contributed by atoms with Crippen molar-refractivity contribution in [2.24, 2.45) is 0 Å². The molecule has 0 saturated heterocycles. The maximum atomic E-state index is 13.5. The molecular weight excluding hydrogens is 952 g/mol. The molecular formula is C65H119N2O7P. The molecule has 0 radical (unpaired) electrons. The normalized spacial score (nSPS) is 14.2. The quantitative estimate of drug-likeness (QED) is 0.0212. The zero-order valence-corrected chi connectivity index (χ0v) is 50.6. The zero-order valence-electron chi connectivity index (χ0n) is 49.7. The van der Waals surface area contributed by atoms with Gasteiger partial charge in [0.05, 0.1) is 33.8 Å². The van der Waals surface area contributed by atoms with Crippen LogP contribution >= 0.6 is 7.82 Å². The van der Waals surface area contributed by atoms with E-state index in [2.05, 4.69) is 86.8 Å². The van der Waals surface area contributed by atoms with Crippen LogP contribution in [0, 0.1) is 0 Å². The Kier molecular flexibility index (Phi) is 52.9. The molecule has 0 aliphatic carbocycles. The lowest BCUT2D eigenvalue weighted by atomic mass is 10.0. The largest absolute Gasteiger partial charge is 0.756 e. The first-order valence-electron chi connectivity index (χ1n) is 31.2. The van der Waals surface area contributed by atoms with Crippen LogP contribution in [0.2, 0.25) is 0 Å². The summed E-state index contributed by atoms with van der Waals surface area (Å²) in [6, 6.07) is -0.897. The Morgan fingerprint density at radius 2 is 0.853 bits per heavy atom. The third-order valence-corrected chi connectivity index (χ3v) is 14.6. The number of phosphoric acid groups is 1. The van der Waals surface area contributed by atoms with Crippen LogP contribution in [0.4, 0.5) is 0 Å². The number of carbonyl (C=O) groups is 2. The number of likely N-dealkylation sites (N-methyl/N-ethyl adjacent to an activating group) is 1. The first-order valence-corrected chi connectivity index (χ1v) is 32.7.